The minimum absolute atomic E-state index is 0.416. The quantitative estimate of drug-likeness (QED) is 0.887. The monoisotopic (exact) mass is 276 g/mol. The summed E-state index contributed by atoms with van der Waals surface area (Å²) in [6.07, 6.45) is 4.69. The molecule has 1 aromatic rings. The Labute approximate surface area is 120 Å². The number of benzene rings is 1. The number of amides is 1. The second-order valence-corrected chi connectivity index (χ2v) is 6.36. The van der Waals surface area contributed by atoms with Crippen molar-refractivity contribution in [2.45, 2.75) is 45.6 Å². The lowest BCUT2D eigenvalue weighted by Gasteiger charge is -2.35. The molecule has 0 radical (unpaired) electrons. The minimum Gasteiger partial charge on any atom is -0.495 e. The molecule has 1 aliphatic carbocycles. The number of nitrogens with two attached hydrogens (primary N) is 1. The van der Waals surface area contributed by atoms with Gasteiger partial charge < -0.3 is 15.8 Å². The molecule has 0 heterocycles. The molecule has 1 amide bonds. The number of nitrogens with one attached hydrogen (secondary N) is 1. The van der Waals surface area contributed by atoms with Gasteiger partial charge in [-0.25, -0.2) is 0 Å². The fraction of sp³-hybridized carbons (Fsp3) is 0.562. The van der Waals surface area contributed by atoms with E-state index in [0.717, 1.165) is 24.3 Å². The van der Waals surface area contributed by atoms with Crippen LogP contribution in [0, 0.1) is 5.41 Å². The smallest absolute Gasteiger partial charge is 0.248 e. The average Bonchev–Trinajstić information content (AvgIpc) is 2.41. The van der Waals surface area contributed by atoms with Gasteiger partial charge in [0, 0.05) is 11.6 Å². The topological polar surface area (TPSA) is 64.3 Å². The SMILES string of the molecule is COc1ccc(C(N)=O)cc1NC1CCC(C)(C)CC1. The number of methoxy groups -OCH3 is 1. The van der Waals surface area contributed by atoms with Gasteiger partial charge in [-0.15, -0.1) is 0 Å². The average molecular weight is 276 g/mol. The van der Waals surface area contributed by atoms with E-state index in [9.17, 15) is 4.79 Å². The summed E-state index contributed by atoms with van der Waals surface area (Å²) in [6, 6.07) is 5.69. The van der Waals surface area contributed by atoms with Crippen LogP contribution in [0.2, 0.25) is 0 Å². The minimum atomic E-state index is -0.416. The first-order chi connectivity index (χ1) is 9.41. The summed E-state index contributed by atoms with van der Waals surface area (Å²) in [5.74, 6) is 0.334. The lowest BCUT2D eigenvalue weighted by atomic mass is 9.75. The largest absolute Gasteiger partial charge is 0.495 e. The summed E-state index contributed by atoms with van der Waals surface area (Å²) < 4.78 is 5.35. The van der Waals surface area contributed by atoms with E-state index >= 15 is 0 Å². The first kappa shape index (κ1) is 14.7. The Morgan fingerprint density at radius 2 is 2.00 bits per heavy atom. The second-order valence-electron chi connectivity index (χ2n) is 6.36. The number of ether oxygens (including phenoxy) is 1. The van der Waals surface area contributed by atoms with Gasteiger partial charge in [0.25, 0.3) is 0 Å². The third kappa shape index (κ3) is 3.44. The molecule has 1 aliphatic rings. The van der Waals surface area contributed by atoms with E-state index in [-0.39, 0.29) is 0 Å². The second kappa shape index (κ2) is 5.73. The molecule has 1 aromatic carbocycles. The Morgan fingerprint density at radius 3 is 2.55 bits per heavy atom. The van der Waals surface area contributed by atoms with Crippen molar-refractivity contribution in [1.29, 1.82) is 0 Å². The molecular formula is C16H24N2O2. The lowest BCUT2D eigenvalue weighted by Crippen LogP contribution is -2.30. The third-order valence-corrected chi connectivity index (χ3v) is 4.18. The number of anilines is 1. The van der Waals surface area contributed by atoms with Crippen LogP contribution < -0.4 is 15.8 Å². The molecule has 2 rings (SSSR count). The van der Waals surface area contributed by atoms with Gasteiger partial charge in [-0.2, -0.15) is 0 Å². The first-order valence-corrected chi connectivity index (χ1v) is 7.16. The zero-order chi connectivity index (χ0) is 14.8. The Balaban J connectivity index is 2.12. The van der Waals surface area contributed by atoms with Gasteiger partial charge in [0.15, 0.2) is 0 Å². The Morgan fingerprint density at radius 1 is 1.35 bits per heavy atom. The van der Waals surface area contributed by atoms with E-state index in [0.29, 0.717) is 17.0 Å². The van der Waals surface area contributed by atoms with Crippen LogP contribution in [0.4, 0.5) is 5.69 Å². The molecule has 0 unspecified atom stereocenters. The summed E-state index contributed by atoms with van der Waals surface area (Å²) in [6.45, 7) is 4.63. The molecule has 0 bridgehead atoms. The molecular weight excluding hydrogens is 252 g/mol. The molecule has 4 heteroatoms. The van der Waals surface area contributed by atoms with E-state index in [2.05, 4.69) is 19.2 Å². The number of carbonyl (C=O) groups is 1. The zero-order valence-electron chi connectivity index (χ0n) is 12.5. The number of carbonyl (C=O) groups excluding carboxylic acids is 1. The van der Waals surface area contributed by atoms with E-state index in [1.807, 2.05) is 0 Å². The maximum atomic E-state index is 11.3. The van der Waals surface area contributed by atoms with Crippen molar-refractivity contribution < 1.29 is 9.53 Å². The van der Waals surface area contributed by atoms with E-state index in [1.54, 1.807) is 25.3 Å². The lowest BCUT2D eigenvalue weighted by molar-refractivity contribution is 0.100. The molecule has 0 aromatic heterocycles. The summed E-state index contributed by atoms with van der Waals surface area (Å²) in [5.41, 5.74) is 7.14. The van der Waals surface area contributed by atoms with Crippen molar-refractivity contribution in [3.05, 3.63) is 23.8 Å². The fourth-order valence-corrected chi connectivity index (χ4v) is 2.74. The van der Waals surface area contributed by atoms with Gasteiger partial charge >= 0.3 is 0 Å². The normalized spacial score (nSPS) is 18.6. The highest BCUT2D eigenvalue weighted by molar-refractivity contribution is 5.94. The first-order valence-electron chi connectivity index (χ1n) is 7.16. The van der Waals surface area contributed by atoms with Gasteiger partial charge in [0.1, 0.15) is 5.75 Å². The summed E-state index contributed by atoms with van der Waals surface area (Å²) in [5, 5.41) is 3.50. The predicted molar refractivity (Wildman–Crippen MR) is 81.2 cm³/mol. The van der Waals surface area contributed by atoms with Crippen molar-refractivity contribution in [1.82, 2.24) is 0 Å². The van der Waals surface area contributed by atoms with Crippen LogP contribution in [-0.2, 0) is 0 Å². The molecule has 0 spiro atoms. The summed E-state index contributed by atoms with van der Waals surface area (Å²) >= 11 is 0. The van der Waals surface area contributed by atoms with Gasteiger partial charge in [0.05, 0.1) is 12.8 Å². The van der Waals surface area contributed by atoms with Crippen molar-refractivity contribution in [3.8, 4) is 5.75 Å². The van der Waals surface area contributed by atoms with Crippen LogP contribution in [0.15, 0.2) is 18.2 Å². The maximum Gasteiger partial charge on any atom is 0.248 e. The molecule has 0 saturated heterocycles. The van der Waals surface area contributed by atoms with Crippen molar-refractivity contribution in [2.75, 3.05) is 12.4 Å². The predicted octanol–water partition coefficient (Wildman–Crippen LogP) is 3.17. The Hall–Kier alpha value is -1.71. The molecule has 20 heavy (non-hydrogen) atoms. The van der Waals surface area contributed by atoms with Crippen LogP contribution in [0.5, 0.6) is 5.75 Å². The molecule has 1 saturated carbocycles. The van der Waals surface area contributed by atoms with Gasteiger partial charge in [-0.1, -0.05) is 13.8 Å². The van der Waals surface area contributed by atoms with Crippen LogP contribution in [0.25, 0.3) is 0 Å². The number of primary amides is 1. The standard InChI is InChI=1S/C16H24N2O2/c1-16(2)8-6-12(7-9-16)18-13-10-11(15(17)19)4-5-14(13)20-3/h4-5,10,12,18H,6-9H2,1-3H3,(H2,17,19). The molecule has 1 fully saturated rings. The molecule has 110 valence electrons. The number of hydrogen-bond donors (Lipinski definition) is 2. The molecule has 0 atom stereocenters. The zero-order valence-corrected chi connectivity index (χ0v) is 12.5. The number of rotatable bonds is 4. The molecule has 4 nitrogen and oxygen atoms in total. The third-order valence-electron chi connectivity index (χ3n) is 4.18. The highest BCUT2D eigenvalue weighted by atomic mass is 16.5. The van der Waals surface area contributed by atoms with Crippen molar-refractivity contribution in [3.63, 3.8) is 0 Å². The highest BCUT2D eigenvalue weighted by Crippen LogP contribution is 2.37. The summed E-state index contributed by atoms with van der Waals surface area (Å²) in [4.78, 5) is 11.3. The van der Waals surface area contributed by atoms with Crippen molar-refractivity contribution >= 4 is 11.6 Å². The van der Waals surface area contributed by atoms with Crippen molar-refractivity contribution in [2.24, 2.45) is 11.1 Å². The summed E-state index contributed by atoms with van der Waals surface area (Å²) in [7, 11) is 1.63. The highest BCUT2D eigenvalue weighted by Gasteiger charge is 2.27. The van der Waals surface area contributed by atoms with E-state index in [1.165, 1.54) is 12.8 Å². The van der Waals surface area contributed by atoms with Crippen LogP contribution in [0.1, 0.15) is 49.9 Å². The van der Waals surface area contributed by atoms with E-state index in [4.69, 9.17) is 10.5 Å². The van der Waals surface area contributed by atoms with Gasteiger partial charge in [-0.05, 0) is 49.3 Å². The van der Waals surface area contributed by atoms with Gasteiger partial charge in [0.2, 0.25) is 5.91 Å². The van der Waals surface area contributed by atoms with Crippen LogP contribution in [-0.4, -0.2) is 19.1 Å². The van der Waals surface area contributed by atoms with Gasteiger partial charge in [-0.3, -0.25) is 4.79 Å². The fourth-order valence-electron chi connectivity index (χ4n) is 2.74. The number of hydrogen-bond acceptors (Lipinski definition) is 3. The molecule has 3 N–H and O–H groups in total. The van der Waals surface area contributed by atoms with E-state index < -0.39 is 5.91 Å². The molecule has 0 aliphatic heterocycles. The maximum absolute atomic E-state index is 11.3. The van der Waals surface area contributed by atoms with Crippen LogP contribution in [0.3, 0.4) is 0 Å². The Kier molecular flexibility index (Phi) is 4.21. The Bertz CT molecular complexity index is 487. The van der Waals surface area contributed by atoms with Crippen LogP contribution >= 0.6 is 0 Å².